The highest BCUT2D eigenvalue weighted by Gasteiger charge is 2.23. The van der Waals surface area contributed by atoms with Gasteiger partial charge in [0, 0.05) is 18.8 Å². The minimum atomic E-state index is 0.0572. The van der Waals surface area contributed by atoms with Gasteiger partial charge in [0.1, 0.15) is 5.76 Å². The van der Waals surface area contributed by atoms with Gasteiger partial charge in [-0.3, -0.25) is 0 Å². The van der Waals surface area contributed by atoms with E-state index in [1.807, 2.05) is 6.92 Å². The van der Waals surface area contributed by atoms with Crippen LogP contribution in [0.25, 0.3) is 0 Å². The van der Waals surface area contributed by atoms with Crippen molar-refractivity contribution in [2.24, 2.45) is 5.73 Å². The van der Waals surface area contributed by atoms with Crippen molar-refractivity contribution in [1.82, 2.24) is 4.98 Å². The Morgan fingerprint density at radius 2 is 2.00 bits per heavy atom. The van der Waals surface area contributed by atoms with E-state index in [9.17, 15) is 0 Å². The molecule has 1 aromatic heterocycles. The number of oxazole rings is 1. The lowest BCUT2D eigenvalue weighted by atomic mass is 9.90. The summed E-state index contributed by atoms with van der Waals surface area (Å²) >= 11 is 0. The van der Waals surface area contributed by atoms with Crippen LogP contribution in [0, 0.1) is 6.92 Å². The minimum Gasteiger partial charge on any atom is -0.446 e. The monoisotopic (exact) mass is 196 g/mol. The fraction of sp³-hybridized carbons (Fsp3) is 0.727. The van der Waals surface area contributed by atoms with Crippen LogP contribution in [0.15, 0.2) is 4.42 Å². The molecule has 2 N–H and O–H groups in total. The largest absolute Gasteiger partial charge is 0.446 e. The van der Waals surface area contributed by atoms with Gasteiger partial charge in [0.25, 0.3) is 0 Å². The van der Waals surface area contributed by atoms with E-state index in [1.165, 1.54) is 0 Å². The molecule has 1 rings (SSSR count). The normalized spacial score (nSPS) is 12.1. The maximum atomic E-state index is 5.58. The Morgan fingerprint density at radius 1 is 1.36 bits per heavy atom. The number of rotatable bonds is 3. The van der Waals surface area contributed by atoms with Gasteiger partial charge >= 0.3 is 0 Å². The Balaban J connectivity index is 2.91. The number of hydrogen-bond donors (Lipinski definition) is 1. The third-order valence-electron chi connectivity index (χ3n) is 2.12. The lowest BCUT2D eigenvalue weighted by Gasteiger charge is -2.16. The van der Waals surface area contributed by atoms with Crippen molar-refractivity contribution < 1.29 is 4.42 Å². The van der Waals surface area contributed by atoms with Crippen molar-refractivity contribution in [2.75, 3.05) is 6.54 Å². The zero-order chi connectivity index (χ0) is 10.8. The summed E-state index contributed by atoms with van der Waals surface area (Å²) in [6, 6.07) is 0. The van der Waals surface area contributed by atoms with Gasteiger partial charge in [-0.15, -0.1) is 0 Å². The van der Waals surface area contributed by atoms with E-state index in [0.717, 1.165) is 30.2 Å². The third-order valence-corrected chi connectivity index (χ3v) is 2.12. The zero-order valence-electron chi connectivity index (χ0n) is 9.55. The van der Waals surface area contributed by atoms with Gasteiger partial charge in [0.15, 0.2) is 5.89 Å². The maximum absolute atomic E-state index is 5.58. The molecule has 80 valence electrons. The summed E-state index contributed by atoms with van der Waals surface area (Å²) < 4.78 is 5.58. The molecule has 0 atom stereocenters. The van der Waals surface area contributed by atoms with Crippen LogP contribution in [0.5, 0.6) is 0 Å². The number of aromatic nitrogens is 1. The Bertz CT molecular complexity index is 297. The molecule has 0 saturated carbocycles. The van der Waals surface area contributed by atoms with E-state index < -0.39 is 0 Å². The van der Waals surface area contributed by atoms with Crippen molar-refractivity contribution in [3.8, 4) is 0 Å². The van der Waals surface area contributed by atoms with E-state index >= 15 is 0 Å². The fourth-order valence-electron chi connectivity index (χ4n) is 1.49. The van der Waals surface area contributed by atoms with Crippen LogP contribution in [0.4, 0.5) is 0 Å². The molecule has 0 radical (unpaired) electrons. The molecule has 1 heterocycles. The minimum absolute atomic E-state index is 0.0572. The summed E-state index contributed by atoms with van der Waals surface area (Å²) in [5.74, 6) is 1.75. The van der Waals surface area contributed by atoms with Gasteiger partial charge in [-0.1, -0.05) is 20.8 Å². The van der Waals surface area contributed by atoms with Crippen molar-refractivity contribution in [1.29, 1.82) is 0 Å². The first-order valence-electron chi connectivity index (χ1n) is 5.12. The highest BCUT2D eigenvalue weighted by atomic mass is 16.4. The molecule has 0 bridgehead atoms. The molecule has 3 nitrogen and oxygen atoms in total. The average molecular weight is 196 g/mol. The average Bonchev–Trinajstić information content (AvgIpc) is 2.42. The Labute approximate surface area is 85.7 Å². The summed E-state index contributed by atoms with van der Waals surface area (Å²) in [5, 5.41) is 0. The molecule has 0 aliphatic carbocycles. The molecule has 0 amide bonds. The van der Waals surface area contributed by atoms with E-state index in [-0.39, 0.29) is 5.41 Å². The van der Waals surface area contributed by atoms with Crippen molar-refractivity contribution in [3.05, 3.63) is 17.3 Å². The van der Waals surface area contributed by atoms with E-state index in [2.05, 4.69) is 25.8 Å². The first-order chi connectivity index (χ1) is 6.45. The smallest absolute Gasteiger partial charge is 0.191 e. The summed E-state index contributed by atoms with van der Waals surface area (Å²) in [7, 11) is 0. The summed E-state index contributed by atoms with van der Waals surface area (Å²) in [5.41, 5.74) is 6.61. The van der Waals surface area contributed by atoms with Gasteiger partial charge in [0.2, 0.25) is 0 Å². The van der Waals surface area contributed by atoms with Gasteiger partial charge in [-0.05, 0) is 13.0 Å². The second kappa shape index (κ2) is 4.13. The highest BCUT2D eigenvalue weighted by Crippen LogP contribution is 2.26. The molecule has 14 heavy (non-hydrogen) atoms. The highest BCUT2D eigenvalue weighted by molar-refractivity contribution is 5.18. The number of hydrogen-bond acceptors (Lipinski definition) is 3. The Hall–Kier alpha value is -0.830. The number of aryl methyl sites for hydroxylation is 2. The predicted octanol–water partition coefficient (Wildman–Crippen LogP) is 2.17. The van der Waals surface area contributed by atoms with Crippen LogP contribution < -0.4 is 5.73 Å². The zero-order valence-corrected chi connectivity index (χ0v) is 9.55. The Kier molecular flexibility index (Phi) is 3.32. The lowest BCUT2D eigenvalue weighted by molar-refractivity contribution is 0.459. The van der Waals surface area contributed by atoms with Crippen LogP contribution in [0.2, 0.25) is 0 Å². The molecule has 0 fully saturated rings. The van der Waals surface area contributed by atoms with Crippen LogP contribution in [-0.2, 0) is 11.8 Å². The van der Waals surface area contributed by atoms with E-state index in [0.29, 0.717) is 6.54 Å². The van der Waals surface area contributed by atoms with Crippen molar-refractivity contribution in [3.63, 3.8) is 0 Å². The van der Waals surface area contributed by atoms with Gasteiger partial charge in [0.05, 0.1) is 5.69 Å². The molecule has 0 aliphatic heterocycles. The first-order valence-corrected chi connectivity index (χ1v) is 5.12. The first kappa shape index (κ1) is 11.2. The SMILES string of the molecule is Cc1nc(C(C)(C)C)c(CCCN)o1. The lowest BCUT2D eigenvalue weighted by Crippen LogP contribution is -2.14. The molecular formula is C11H20N2O. The topological polar surface area (TPSA) is 52.0 Å². The van der Waals surface area contributed by atoms with Gasteiger partial charge in [-0.2, -0.15) is 0 Å². The second-order valence-corrected chi connectivity index (χ2v) is 4.65. The van der Waals surface area contributed by atoms with Gasteiger partial charge < -0.3 is 10.2 Å². The number of nitrogens with zero attached hydrogens (tertiary/aromatic N) is 1. The van der Waals surface area contributed by atoms with Crippen molar-refractivity contribution in [2.45, 2.75) is 46.0 Å². The molecule has 0 saturated heterocycles. The molecular weight excluding hydrogens is 176 g/mol. The van der Waals surface area contributed by atoms with E-state index in [4.69, 9.17) is 10.2 Å². The van der Waals surface area contributed by atoms with E-state index in [1.54, 1.807) is 0 Å². The maximum Gasteiger partial charge on any atom is 0.191 e. The molecule has 3 heteroatoms. The van der Waals surface area contributed by atoms with Crippen LogP contribution in [0.1, 0.15) is 44.5 Å². The van der Waals surface area contributed by atoms with Crippen LogP contribution in [0.3, 0.4) is 0 Å². The Morgan fingerprint density at radius 3 is 2.50 bits per heavy atom. The molecule has 0 unspecified atom stereocenters. The summed E-state index contributed by atoms with van der Waals surface area (Å²) in [6.45, 7) is 9.03. The standard InChI is InChI=1S/C11H20N2O/c1-8-13-10(11(2,3)4)9(14-8)6-5-7-12/h5-7,12H2,1-4H3. The quantitative estimate of drug-likeness (QED) is 0.806. The molecule has 0 aromatic carbocycles. The molecule has 1 aromatic rings. The fourth-order valence-corrected chi connectivity index (χ4v) is 1.49. The van der Waals surface area contributed by atoms with Gasteiger partial charge in [-0.25, -0.2) is 4.98 Å². The second-order valence-electron chi connectivity index (χ2n) is 4.65. The van der Waals surface area contributed by atoms with Crippen LogP contribution >= 0.6 is 0 Å². The summed E-state index contributed by atoms with van der Waals surface area (Å²) in [4.78, 5) is 4.43. The summed E-state index contributed by atoms with van der Waals surface area (Å²) in [6.07, 6.45) is 1.85. The van der Waals surface area contributed by atoms with Crippen LogP contribution in [-0.4, -0.2) is 11.5 Å². The van der Waals surface area contributed by atoms with Crippen molar-refractivity contribution >= 4 is 0 Å². The third kappa shape index (κ3) is 2.58. The molecule has 0 spiro atoms. The number of nitrogens with two attached hydrogens (primary N) is 1. The predicted molar refractivity (Wildman–Crippen MR) is 57.3 cm³/mol. The molecule has 0 aliphatic rings.